The summed E-state index contributed by atoms with van der Waals surface area (Å²) < 4.78 is 41.9. The molecule has 0 saturated heterocycles. The Balaban J connectivity index is 2.13. The van der Waals surface area contributed by atoms with Gasteiger partial charge in [-0.05, 0) is 53.8 Å². The van der Waals surface area contributed by atoms with Crippen molar-refractivity contribution in [1.82, 2.24) is 4.90 Å². The SMILES string of the molecule is C/C(=C\CCF)c1cccc(C2(c3ccc(OC(F)F)cc3)N=C(N)N(C)C2=O)c1. The summed E-state index contributed by atoms with van der Waals surface area (Å²) >= 11 is 0. The second kappa shape index (κ2) is 8.61. The minimum Gasteiger partial charge on any atom is -0.435 e. The van der Waals surface area contributed by atoms with Crippen molar-refractivity contribution in [3.8, 4) is 5.75 Å². The smallest absolute Gasteiger partial charge is 0.387 e. The summed E-state index contributed by atoms with van der Waals surface area (Å²) in [5.41, 5.74) is 7.20. The highest BCUT2D eigenvalue weighted by Gasteiger charge is 2.49. The van der Waals surface area contributed by atoms with Crippen LogP contribution in [0.15, 0.2) is 59.6 Å². The van der Waals surface area contributed by atoms with E-state index in [1.807, 2.05) is 19.1 Å². The van der Waals surface area contributed by atoms with Gasteiger partial charge in [0.25, 0.3) is 5.91 Å². The molecule has 2 N–H and O–H groups in total. The fourth-order valence-corrected chi connectivity index (χ4v) is 3.44. The van der Waals surface area contributed by atoms with Crippen LogP contribution in [0.5, 0.6) is 5.75 Å². The standard InChI is InChI=1S/C22H22F3N3O2/c1-14(5-4-12-23)15-6-3-7-17(13-15)22(19(29)28(2)21(26)27-22)16-8-10-18(11-9-16)30-20(24)25/h3,5-11,13,20H,4,12H2,1-2H3,(H2,26,27)/b14-5+. The Bertz CT molecular complexity index is 989. The molecule has 1 heterocycles. The predicted molar refractivity (Wildman–Crippen MR) is 109 cm³/mol. The first-order chi connectivity index (χ1) is 14.3. The van der Waals surface area contributed by atoms with E-state index in [2.05, 4.69) is 9.73 Å². The highest BCUT2D eigenvalue weighted by molar-refractivity contribution is 6.09. The summed E-state index contributed by atoms with van der Waals surface area (Å²) in [6, 6.07) is 13.0. The van der Waals surface area contributed by atoms with Crippen molar-refractivity contribution >= 4 is 17.4 Å². The zero-order valence-electron chi connectivity index (χ0n) is 16.6. The minimum absolute atomic E-state index is 0.0293. The van der Waals surface area contributed by atoms with Crippen LogP contribution in [0.25, 0.3) is 5.57 Å². The van der Waals surface area contributed by atoms with Crippen LogP contribution in [-0.4, -0.2) is 37.1 Å². The molecule has 30 heavy (non-hydrogen) atoms. The van der Waals surface area contributed by atoms with Gasteiger partial charge in [0.1, 0.15) is 5.75 Å². The maximum Gasteiger partial charge on any atom is 0.387 e. The molecule has 8 heteroatoms. The monoisotopic (exact) mass is 417 g/mol. The van der Waals surface area contributed by atoms with Crippen LogP contribution in [0, 0.1) is 0 Å². The van der Waals surface area contributed by atoms with Gasteiger partial charge >= 0.3 is 6.61 Å². The third kappa shape index (κ3) is 3.90. The maximum absolute atomic E-state index is 13.3. The molecule has 0 aliphatic carbocycles. The van der Waals surface area contributed by atoms with E-state index >= 15 is 0 Å². The molecule has 0 spiro atoms. The number of halogens is 3. The van der Waals surface area contributed by atoms with E-state index in [0.717, 1.165) is 11.1 Å². The lowest BCUT2D eigenvalue weighted by Crippen LogP contribution is -2.41. The Morgan fingerprint density at radius 3 is 2.50 bits per heavy atom. The maximum atomic E-state index is 13.3. The molecule has 5 nitrogen and oxygen atoms in total. The van der Waals surface area contributed by atoms with Crippen LogP contribution in [-0.2, 0) is 10.3 Å². The van der Waals surface area contributed by atoms with Gasteiger partial charge < -0.3 is 10.5 Å². The molecule has 0 radical (unpaired) electrons. The molecule has 1 aliphatic rings. The van der Waals surface area contributed by atoms with Gasteiger partial charge in [0.05, 0.1) is 6.67 Å². The zero-order valence-corrected chi connectivity index (χ0v) is 16.6. The summed E-state index contributed by atoms with van der Waals surface area (Å²) in [4.78, 5) is 19.0. The van der Waals surface area contributed by atoms with Gasteiger partial charge in [0.15, 0.2) is 11.5 Å². The topological polar surface area (TPSA) is 67.9 Å². The second-order valence-electron chi connectivity index (χ2n) is 6.89. The molecule has 0 aromatic heterocycles. The number of carbonyl (C=O) groups is 1. The average molecular weight is 417 g/mol. The van der Waals surface area contributed by atoms with Gasteiger partial charge in [-0.3, -0.25) is 14.1 Å². The molecular formula is C22H22F3N3O2. The van der Waals surface area contributed by atoms with E-state index in [1.54, 1.807) is 18.2 Å². The second-order valence-corrected chi connectivity index (χ2v) is 6.89. The normalized spacial score (nSPS) is 19.4. The van der Waals surface area contributed by atoms with Gasteiger partial charge in [0, 0.05) is 7.05 Å². The number of likely N-dealkylation sites (N-methyl/N-ethyl adjacent to an activating group) is 1. The molecule has 1 unspecified atom stereocenters. The van der Waals surface area contributed by atoms with Crippen LogP contribution in [0.3, 0.4) is 0 Å². The molecular weight excluding hydrogens is 395 g/mol. The number of aliphatic imine (C=N–C) groups is 1. The minimum atomic E-state index is -2.95. The van der Waals surface area contributed by atoms with Crippen molar-refractivity contribution in [2.45, 2.75) is 25.5 Å². The first-order valence-corrected chi connectivity index (χ1v) is 9.32. The van der Waals surface area contributed by atoms with E-state index < -0.39 is 18.8 Å². The van der Waals surface area contributed by atoms with Gasteiger partial charge in [-0.25, -0.2) is 4.99 Å². The molecule has 3 rings (SSSR count). The van der Waals surface area contributed by atoms with Gasteiger partial charge in [-0.2, -0.15) is 8.78 Å². The van der Waals surface area contributed by atoms with Crippen molar-refractivity contribution in [3.63, 3.8) is 0 Å². The van der Waals surface area contributed by atoms with Crippen LogP contribution in [0.4, 0.5) is 13.2 Å². The van der Waals surface area contributed by atoms with Gasteiger partial charge in [-0.15, -0.1) is 0 Å². The molecule has 1 atom stereocenters. The first kappa shape index (κ1) is 21.4. The Morgan fingerprint density at radius 2 is 1.93 bits per heavy atom. The van der Waals surface area contributed by atoms with E-state index in [1.165, 1.54) is 36.2 Å². The van der Waals surface area contributed by atoms with E-state index in [9.17, 15) is 18.0 Å². The number of guanidine groups is 1. The molecule has 1 aliphatic heterocycles. The lowest BCUT2D eigenvalue weighted by molar-refractivity contribution is -0.129. The van der Waals surface area contributed by atoms with Crippen LogP contribution >= 0.6 is 0 Å². The van der Waals surface area contributed by atoms with Crippen molar-refractivity contribution in [2.75, 3.05) is 13.7 Å². The van der Waals surface area contributed by atoms with Gasteiger partial charge in [-0.1, -0.05) is 36.4 Å². The van der Waals surface area contributed by atoms with Crippen LogP contribution < -0.4 is 10.5 Å². The summed E-state index contributed by atoms with van der Waals surface area (Å²) in [5.74, 6) is -0.355. The highest BCUT2D eigenvalue weighted by Crippen LogP contribution is 2.40. The summed E-state index contributed by atoms with van der Waals surface area (Å²) in [5, 5.41) is 0. The fourth-order valence-electron chi connectivity index (χ4n) is 3.44. The number of alkyl halides is 3. The molecule has 0 bridgehead atoms. The molecule has 1 amide bonds. The molecule has 0 saturated carbocycles. The number of amides is 1. The lowest BCUT2D eigenvalue weighted by Gasteiger charge is -2.26. The van der Waals surface area contributed by atoms with E-state index in [-0.39, 0.29) is 17.6 Å². The highest BCUT2D eigenvalue weighted by atomic mass is 19.3. The Labute approximate surface area is 172 Å². The first-order valence-electron chi connectivity index (χ1n) is 9.32. The van der Waals surface area contributed by atoms with E-state index in [4.69, 9.17) is 5.73 Å². The summed E-state index contributed by atoms with van der Waals surface area (Å²) in [6.07, 6.45) is 2.07. The number of allylic oxidation sites excluding steroid dienone is 2. The number of benzene rings is 2. The number of hydrogen-bond acceptors (Lipinski definition) is 4. The number of hydrogen-bond donors (Lipinski definition) is 1. The summed E-state index contributed by atoms with van der Waals surface area (Å²) in [6.45, 7) is -1.55. The lowest BCUT2D eigenvalue weighted by atomic mass is 9.81. The molecule has 2 aromatic rings. The van der Waals surface area contributed by atoms with Crippen molar-refractivity contribution < 1.29 is 22.7 Å². The molecule has 0 fully saturated rings. The number of ether oxygens (including phenoxy) is 1. The number of carbonyl (C=O) groups excluding carboxylic acids is 1. The summed E-state index contributed by atoms with van der Waals surface area (Å²) in [7, 11) is 1.52. The quantitative estimate of drug-likeness (QED) is 0.738. The van der Waals surface area contributed by atoms with E-state index in [0.29, 0.717) is 17.5 Å². The fraction of sp³-hybridized carbons (Fsp3) is 0.273. The predicted octanol–water partition coefficient (Wildman–Crippen LogP) is 4.08. The van der Waals surface area contributed by atoms with Crippen molar-refractivity contribution in [1.29, 1.82) is 0 Å². The molecule has 2 aromatic carbocycles. The van der Waals surface area contributed by atoms with Gasteiger partial charge in [0.2, 0.25) is 0 Å². The zero-order chi connectivity index (χ0) is 21.9. The Kier molecular flexibility index (Phi) is 6.14. The Morgan fingerprint density at radius 1 is 1.23 bits per heavy atom. The third-order valence-electron chi connectivity index (χ3n) is 5.03. The number of nitrogens with zero attached hydrogens (tertiary/aromatic N) is 2. The molecule has 158 valence electrons. The average Bonchev–Trinajstić information content (AvgIpc) is 2.97. The van der Waals surface area contributed by atoms with Crippen LogP contribution in [0.2, 0.25) is 0 Å². The van der Waals surface area contributed by atoms with Crippen LogP contribution in [0.1, 0.15) is 30.0 Å². The largest absolute Gasteiger partial charge is 0.435 e. The number of rotatable bonds is 7. The third-order valence-corrected chi connectivity index (χ3v) is 5.03. The van der Waals surface area contributed by atoms with Crippen molar-refractivity contribution in [2.24, 2.45) is 10.7 Å². The van der Waals surface area contributed by atoms with Crippen molar-refractivity contribution in [3.05, 3.63) is 71.3 Å². The number of nitrogens with two attached hydrogens (primary N) is 1. The Hall–Kier alpha value is -3.29.